The van der Waals surface area contributed by atoms with Crippen molar-refractivity contribution in [1.29, 1.82) is 0 Å². The molecule has 1 spiro atoms. The SMILES string of the molecule is CC1(C)C2=C(CCC=C2)c2c(-c3ccccc3N3c4cccc5c4C(C)(c4ccccc4-5)c4ccc5c(c43)-c3ccccc3C53CC4CCC3C4)cccc21. The molecule has 0 N–H and O–H groups in total. The van der Waals surface area contributed by atoms with Gasteiger partial charge in [-0.3, -0.25) is 0 Å². The largest absolute Gasteiger partial charge is 0.309 e. The van der Waals surface area contributed by atoms with Crippen molar-refractivity contribution in [3.05, 3.63) is 178 Å². The van der Waals surface area contributed by atoms with Gasteiger partial charge in [-0.2, -0.15) is 0 Å². The predicted molar refractivity (Wildman–Crippen MR) is 228 cm³/mol. The summed E-state index contributed by atoms with van der Waals surface area (Å²) in [7, 11) is 0. The van der Waals surface area contributed by atoms with Crippen molar-refractivity contribution >= 4 is 22.6 Å². The van der Waals surface area contributed by atoms with Crippen LogP contribution in [0.15, 0.2) is 139 Å². The number of hydrogen-bond donors (Lipinski definition) is 0. The van der Waals surface area contributed by atoms with Gasteiger partial charge in [-0.25, -0.2) is 0 Å². The van der Waals surface area contributed by atoms with Gasteiger partial charge in [0.15, 0.2) is 0 Å². The van der Waals surface area contributed by atoms with Gasteiger partial charge >= 0.3 is 0 Å². The highest BCUT2D eigenvalue weighted by Crippen LogP contribution is 2.71. The first-order valence-electron chi connectivity index (χ1n) is 20.9. The fraction of sp³-hybridized carbons (Fsp3) is 0.259. The highest BCUT2D eigenvalue weighted by atomic mass is 15.2. The number of allylic oxidation sites excluding steroid dienone is 4. The zero-order valence-electron chi connectivity index (χ0n) is 32.0. The topological polar surface area (TPSA) is 3.24 Å². The van der Waals surface area contributed by atoms with Crippen LogP contribution in [0.1, 0.15) is 98.2 Å². The smallest absolute Gasteiger partial charge is 0.0588 e. The number of hydrogen-bond acceptors (Lipinski definition) is 1. The third kappa shape index (κ3) is 3.50. The molecule has 1 heterocycles. The van der Waals surface area contributed by atoms with Crippen LogP contribution in [-0.2, 0) is 16.2 Å². The Morgan fingerprint density at radius 3 is 2.09 bits per heavy atom. The van der Waals surface area contributed by atoms with E-state index in [0.29, 0.717) is 5.92 Å². The van der Waals surface area contributed by atoms with Gasteiger partial charge in [-0.15, -0.1) is 0 Å². The standard InChI is InChI=1S/C54H45N/c1-52(2)40-20-8-5-16-38(40)48-36(18-12-23-43(48)52)35-15-7-11-24-46(35)55-47-25-13-19-37-34-14-4-9-21-41(34)53(3,50(37)47)45-29-28-44-49(51(45)55)39-17-6-10-22-42(39)54(44)31-32-26-27-33(54)30-32/h4,6-15,17-25,28-29,32-33H,5,16,26-27,30-31H2,1-3H3. The summed E-state index contributed by atoms with van der Waals surface area (Å²) in [5.74, 6) is 1.55. The minimum Gasteiger partial charge on any atom is -0.309 e. The molecule has 1 aliphatic heterocycles. The third-order valence-electron chi connectivity index (χ3n) is 15.8. The van der Waals surface area contributed by atoms with Gasteiger partial charge in [0.2, 0.25) is 0 Å². The molecule has 0 radical (unpaired) electrons. The number of nitrogens with zero attached hydrogens (tertiary/aromatic N) is 1. The molecule has 4 atom stereocenters. The molecule has 6 aliphatic carbocycles. The average molecular weight is 708 g/mol. The Hall–Kier alpha value is -5.40. The van der Waals surface area contributed by atoms with E-state index in [4.69, 9.17) is 0 Å². The molecule has 2 bridgehead atoms. The highest BCUT2D eigenvalue weighted by molar-refractivity contribution is 6.06. The Labute approximate surface area is 325 Å². The van der Waals surface area contributed by atoms with Gasteiger partial charge < -0.3 is 4.90 Å². The molecule has 2 fully saturated rings. The van der Waals surface area contributed by atoms with Crippen LogP contribution in [0.3, 0.4) is 0 Å². The number of fused-ring (bicyclic) bond motifs is 16. The van der Waals surface area contributed by atoms with Crippen LogP contribution in [0.5, 0.6) is 0 Å². The molecule has 6 aromatic carbocycles. The number of rotatable bonds is 2. The molecule has 6 aromatic rings. The summed E-state index contributed by atoms with van der Waals surface area (Å²) in [4.78, 5) is 2.74. The normalized spacial score (nSPS) is 26.1. The molecule has 266 valence electrons. The highest BCUT2D eigenvalue weighted by Gasteiger charge is 2.59. The van der Waals surface area contributed by atoms with Crippen LogP contribution in [0, 0.1) is 11.8 Å². The van der Waals surface area contributed by atoms with Gasteiger partial charge in [0.05, 0.1) is 17.1 Å². The van der Waals surface area contributed by atoms with Crippen molar-refractivity contribution in [2.45, 2.75) is 75.5 Å². The summed E-state index contributed by atoms with van der Waals surface area (Å²) in [6, 6.07) is 47.7. The van der Waals surface area contributed by atoms with Gasteiger partial charge in [0.25, 0.3) is 0 Å². The Balaban J connectivity index is 1.15. The predicted octanol–water partition coefficient (Wildman–Crippen LogP) is 14.0. The average Bonchev–Trinajstić information content (AvgIpc) is 4.02. The van der Waals surface area contributed by atoms with E-state index in [1.807, 2.05) is 0 Å². The van der Waals surface area contributed by atoms with Crippen molar-refractivity contribution in [1.82, 2.24) is 0 Å². The van der Waals surface area contributed by atoms with Gasteiger partial charge in [0, 0.05) is 27.4 Å². The summed E-state index contributed by atoms with van der Waals surface area (Å²) in [5.41, 5.74) is 25.7. The molecule has 0 saturated heterocycles. The van der Waals surface area contributed by atoms with Crippen molar-refractivity contribution in [2.75, 3.05) is 4.90 Å². The molecular weight excluding hydrogens is 663 g/mol. The lowest BCUT2D eigenvalue weighted by molar-refractivity contribution is 0.327. The zero-order chi connectivity index (χ0) is 36.4. The summed E-state index contributed by atoms with van der Waals surface area (Å²) in [6.45, 7) is 7.39. The number of benzene rings is 6. The van der Waals surface area contributed by atoms with E-state index < -0.39 is 0 Å². The zero-order valence-corrected chi connectivity index (χ0v) is 32.0. The molecule has 2 saturated carbocycles. The van der Waals surface area contributed by atoms with E-state index in [1.54, 1.807) is 16.7 Å². The molecule has 4 unspecified atom stereocenters. The number of para-hydroxylation sites is 1. The lowest BCUT2D eigenvalue weighted by atomic mass is 9.65. The molecular formula is C54H45N. The Morgan fingerprint density at radius 2 is 1.25 bits per heavy atom. The monoisotopic (exact) mass is 707 g/mol. The second kappa shape index (κ2) is 10.3. The maximum absolute atomic E-state index is 2.74. The quantitative estimate of drug-likeness (QED) is 0.173. The van der Waals surface area contributed by atoms with Crippen LogP contribution in [0.4, 0.5) is 17.1 Å². The molecule has 1 nitrogen and oxygen atoms in total. The fourth-order valence-electron chi connectivity index (χ4n) is 13.7. The van der Waals surface area contributed by atoms with Gasteiger partial charge in [-0.1, -0.05) is 142 Å². The van der Waals surface area contributed by atoms with E-state index in [-0.39, 0.29) is 16.2 Å². The van der Waals surface area contributed by atoms with Crippen LogP contribution < -0.4 is 4.90 Å². The van der Waals surface area contributed by atoms with Crippen molar-refractivity contribution in [3.8, 4) is 33.4 Å². The first-order chi connectivity index (χ1) is 26.9. The number of anilines is 3. The van der Waals surface area contributed by atoms with Gasteiger partial charge in [0.1, 0.15) is 0 Å². The molecule has 13 rings (SSSR count). The lowest BCUT2D eigenvalue weighted by Crippen LogP contribution is -2.34. The van der Waals surface area contributed by atoms with Crippen molar-refractivity contribution in [2.24, 2.45) is 11.8 Å². The molecule has 1 heteroatoms. The molecule has 0 amide bonds. The molecule has 7 aliphatic rings. The third-order valence-corrected chi connectivity index (χ3v) is 15.8. The first kappa shape index (κ1) is 30.9. The first-order valence-corrected chi connectivity index (χ1v) is 20.9. The van der Waals surface area contributed by atoms with Crippen LogP contribution in [-0.4, -0.2) is 0 Å². The Bertz CT molecular complexity index is 2790. The lowest BCUT2D eigenvalue weighted by Gasteiger charge is -2.44. The Kier molecular flexibility index (Phi) is 5.76. The van der Waals surface area contributed by atoms with E-state index >= 15 is 0 Å². The summed E-state index contributed by atoms with van der Waals surface area (Å²) >= 11 is 0. The summed E-state index contributed by atoms with van der Waals surface area (Å²) in [5, 5.41) is 0. The molecule has 0 aromatic heterocycles. The summed E-state index contributed by atoms with van der Waals surface area (Å²) < 4.78 is 0. The van der Waals surface area contributed by atoms with E-state index in [1.165, 1.54) is 110 Å². The fourth-order valence-corrected chi connectivity index (χ4v) is 13.7. The Morgan fingerprint density at radius 1 is 0.564 bits per heavy atom. The van der Waals surface area contributed by atoms with Crippen LogP contribution in [0.25, 0.3) is 39.0 Å². The van der Waals surface area contributed by atoms with Crippen LogP contribution >= 0.6 is 0 Å². The maximum Gasteiger partial charge on any atom is 0.0588 e. The maximum atomic E-state index is 2.74. The minimum absolute atomic E-state index is 0.0162. The second-order valence-corrected chi connectivity index (χ2v) is 18.4. The van der Waals surface area contributed by atoms with E-state index in [9.17, 15) is 0 Å². The van der Waals surface area contributed by atoms with Gasteiger partial charge in [-0.05, 0) is 135 Å². The van der Waals surface area contributed by atoms with E-state index in [2.05, 4.69) is 159 Å². The summed E-state index contributed by atoms with van der Waals surface area (Å²) in [6.07, 6.45) is 12.4. The van der Waals surface area contributed by atoms with Crippen molar-refractivity contribution < 1.29 is 0 Å². The van der Waals surface area contributed by atoms with E-state index in [0.717, 1.165) is 18.8 Å². The van der Waals surface area contributed by atoms with Crippen LogP contribution in [0.2, 0.25) is 0 Å². The minimum atomic E-state index is -0.274. The second-order valence-electron chi connectivity index (χ2n) is 18.4. The van der Waals surface area contributed by atoms with Crippen molar-refractivity contribution in [3.63, 3.8) is 0 Å². The molecule has 55 heavy (non-hydrogen) atoms.